The first-order valence-electron chi connectivity index (χ1n) is 8.63. The van der Waals surface area contributed by atoms with Gasteiger partial charge >= 0.3 is 0 Å². The van der Waals surface area contributed by atoms with Gasteiger partial charge in [-0.25, -0.2) is 9.67 Å². The number of aromatic nitrogens is 5. The number of rotatable bonds is 3. The van der Waals surface area contributed by atoms with Crippen LogP contribution < -0.4 is 5.32 Å². The topological polar surface area (TPSA) is 68.5 Å². The van der Waals surface area contributed by atoms with Crippen molar-refractivity contribution in [2.45, 2.75) is 52.0 Å². The monoisotopic (exact) mass is 322 g/mol. The van der Waals surface area contributed by atoms with Crippen molar-refractivity contribution in [2.24, 2.45) is 0 Å². The van der Waals surface area contributed by atoms with E-state index in [0.29, 0.717) is 12.0 Å². The number of aryl methyl sites for hydroxylation is 2. The molecule has 1 aliphatic carbocycles. The Kier molecular flexibility index (Phi) is 3.88. The fraction of sp³-hybridized carbons (Fsp3) is 0.444. The average molecular weight is 322 g/mol. The Bertz CT molecular complexity index is 863. The van der Waals surface area contributed by atoms with E-state index in [0.717, 1.165) is 28.2 Å². The molecule has 0 atom stereocenters. The second kappa shape index (κ2) is 6.19. The van der Waals surface area contributed by atoms with Gasteiger partial charge in [0.2, 0.25) is 0 Å². The molecule has 0 spiro atoms. The molecule has 3 aromatic heterocycles. The van der Waals surface area contributed by atoms with Crippen LogP contribution in [-0.4, -0.2) is 30.8 Å². The van der Waals surface area contributed by atoms with E-state index in [1.807, 2.05) is 32.0 Å². The maximum absolute atomic E-state index is 4.76. The van der Waals surface area contributed by atoms with Crippen LogP contribution in [-0.2, 0) is 0 Å². The van der Waals surface area contributed by atoms with Gasteiger partial charge in [-0.3, -0.25) is 4.98 Å². The van der Waals surface area contributed by atoms with Gasteiger partial charge < -0.3 is 5.32 Å². The largest absolute Gasteiger partial charge is 0.365 e. The third-order valence-corrected chi connectivity index (χ3v) is 4.59. The van der Waals surface area contributed by atoms with E-state index in [1.54, 1.807) is 10.9 Å². The van der Waals surface area contributed by atoms with Crippen LogP contribution in [0.15, 0.2) is 24.4 Å². The van der Waals surface area contributed by atoms with Gasteiger partial charge in [-0.2, -0.15) is 10.1 Å². The number of nitrogens with one attached hydrogen (secondary N) is 1. The molecule has 1 fully saturated rings. The van der Waals surface area contributed by atoms with Gasteiger partial charge in [0.05, 0.1) is 11.2 Å². The molecule has 0 unspecified atom stereocenters. The van der Waals surface area contributed by atoms with Crippen molar-refractivity contribution in [3.8, 4) is 5.95 Å². The molecule has 124 valence electrons. The Labute approximate surface area is 141 Å². The van der Waals surface area contributed by atoms with Crippen molar-refractivity contribution in [3.63, 3.8) is 0 Å². The molecular weight excluding hydrogens is 300 g/mol. The molecule has 0 amide bonds. The van der Waals surface area contributed by atoms with E-state index in [2.05, 4.69) is 20.4 Å². The SMILES string of the molecule is Cc1cc(C)n(-c2nc(NC3CCCCC3)c3ncccc3n2)n1. The normalized spacial score (nSPS) is 15.8. The van der Waals surface area contributed by atoms with E-state index in [4.69, 9.17) is 4.98 Å². The quantitative estimate of drug-likeness (QED) is 0.798. The van der Waals surface area contributed by atoms with Crippen LogP contribution in [0.25, 0.3) is 17.0 Å². The molecule has 0 aromatic carbocycles. The van der Waals surface area contributed by atoms with Gasteiger partial charge in [-0.05, 0) is 44.9 Å². The van der Waals surface area contributed by atoms with E-state index in [-0.39, 0.29) is 0 Å². The summed E-state index contributed by atoms with van der Waals surface area (Å²) in [5, 5.41) is 8.12. The Balaban J connectivity index is 1.80. The smallest absolute Gasteiger partial charge is 0.253 e. The molecule has 3 heterocycles. The van der Waals surface area contributed by atoms with Crippen molar-refractivity contribution in [3.05, 3.63) is 35.8 Å². The van der Waals surface area contributed by atoms with E-state index in [1.165, 1.54) is 32.1 Å². The summed E-state index contributed by atoms with van der Waals surface area (Å²) >= 11 is 0. The van der Waals surface area contributed by atoms with Crippen molar-refractivity contribution in [2.75, 3.05) is 5.32 Å². The third-order valence-electron chi connectivity index (χ3n) is 4.59. The average Bonchev–Trinajstić information content (AvgIpc) is 2.94. The van der Waals surface area contributed by atoms with Gasteiger partial charge in [-0.15, -0.1) is 0 Å². The minimum absolute atomic E-state index is 0.465. The summed E-state index contributed by atoms with van der Waals surface area (Å²) in [6, 6.07) is 6.38. The highest BCUT2D eigenvalue weighted by atomic mass is 15.4. The molecule has 1 N–H and O–H groups in total. The lowest BCUT2D eigenvalue weighted by atomic mass is 9.95. The van der Waals surface area contributed by atoms with Crippen molar-refractivity contribution >= 4 is 16.9 Å². The molecule has 3 aromatic rings. The molecule has 24 heavy (non-hydrogen) atoms. The van der Waals surface area contributed by atoms with E-state index < -0.39 is 0 Å². The summed E-state index contributed by atoms with van der Waals surface area (Å²) in [5.74, 6) is 1.41. The zero-order valence-corrected chi connectivity index (χ0v) is 14.2. The van der Waals surface area contributed by atoms with Gasteiger partial charge in [-0.1, -0.05) is 19.3 Å². The minimum Gasteiger partial charge on any atom is -0.365 e. The zero-order chi connectivity index (χ0) is 16.5. The highest BCUT2D eigenvalue weighted by Crippen LogP contribution is 2.25. The minimum atomic E-state index is 0.465. The fourth-order valence-corrected chi connectivity index (χ4v) is 3.42. The van der Waals surface area contributed by atoms with Gasteiger partial charge in [0.1, 0.15) is 5.52 Å². The van der Waals surface area contributed by atoms with Crippen molar-refractivity contribution < 1.29 is 0 Å². The zero-order valence-electron chi connectivity index (χ0n) is 14.2. The number of hydrogen-bond acceptors (Lipinski definition) is 5. The Morgan fingerprint density at radius 1 is 1.12 bits per heavy atom. The van der Waals surface area contributed by atoms with E-state index in [9.17, 15) is 0 Å². The predicted molar refractivity (Wildman–Crippen MR) is 94.4 cm³/mol. The summed E-state index contributed by atoms with van der Waals surface area (Å²) in [5.41, 5.74) is 3.66. The molecule has 1 aliphatic rings. The van der Waals surface area contributed by atoms with Crippen molar-refractivity contribution in [1.29, 1.82) is 0 Å². The molecule has 0 radical (unpaired) electrons. The molecule has 0 saturated heterocycles. The summed E-state index contributed by atoms with van der Waals surface area (Å²) in [6.45, 7) is 4.00. The van der Waals surface area contributed by atoms with Crippen LogP contribution in [0.3, 0.4) is 0 Å². The highest BCUT2D eigenvalue weighted by molar-refractivity contribution is 5.85. The first-order chi connectivity index (χ1) is 11.7. The van der Waals surface area contributed by atoms with Crippen LogP contribution in [0.5, 0.6) is 0 Å². The fourth-order valence-electron chi connectivity index (χ4n) is 3.42. The van der Waals surface area contributed by atoms with Gasteiger partial charge in [0, 0.05) is 17.9 Å². The first-order valence-corrected chi connectivity index (χ1v) is 8.63. The second-order valence-electron chi connectivity index (χ2n) is 6.56. The van der Waals surface area contributed by atoms with Crippen LogP contribution >= 0.6 is 0 Å². The highest BCUT2D eigenvalue weighted by Gasteiger charge is 2.18. The Morgan fingerprint density at radius 2 is 1.96 bits per heavy atom. The maximum atomic E-state index is 4.76. The molecule has 1 saturated carbocycles. The predicted octanol–water partition coefficient (Wildman–Crippen LogP) is 3.57. The molecule has 4 rings (SSSR count). The summed E-state index contributed by atoms with van der Waals surface area (Å²) < 4.78 is 1.80. The number of fused-ring (bicyclic) bond motifs is 1. The molecule has 0 bridgehead atoms. The van der Waals surface area contributed by atoms with Crippen LogP contribution in [0.4, 0.5) is 5.82 Å². The Morgan fingerprint density at radius 3 is 2.71 bits per heavy atom. The lowest BCUT2D eigenvalue weighted by Gasteiger charge is -2.23. The van der Waals surface area contributed by atoms with E-state index >= 15 is 0 Å². The number of hydrogen-bond donors (Lipinski definition) is 1. The lowest BCUT2D eigenvalue weighted by molar-refractivity contribution is 0.462. The lowest BCUT2D eigenvalue weighted by Crippen LogP contribution is -2.23. The van der Waals surface area contributed by atoms with Crippen molar-refractivity contribution in [1.82, 2.24) is 24.7 Å². The van der Waals surface area contributed by atoms with Crippen LogP contribution in [0.1, 0.15) is 43.5 Å². The van der Waals surface area contributed by atoms with Crippen LogP contribution in [0.2, 0.25) is 0 Å². The Hall–Kier alpha value is -2.50. The maximum Gasteiger partial charge on any atom is 0.253 e. The molecule has 6 nitrogen and oxygen atoms in total. The van der Waals surface area contributed by atoms with Crippen LogP contribution in [0, 0.1) is 13.8 Å². The summed E-state index contributed by atoms with van der Waals surface area (Å²) in [4.78, 5) is 13.9. The summed E-state index contributed by atoms with van der Waals surface area (Å²) in [7, 11) is 0. The number of nitrogens with zero attached hydrogens (tertiary/aromatic N) is 5. The summed E-state index contributed by atoms with van der Waals surface area (Å²) in [6.07, 6.45) is 8.05. The van der Waals surface area contributed by atoms with Gasteiger partial charge in [0.15, 0.2) is 5.82 Å². The first kappa shape index (κ1) is 15.1. The molecule has 0 aliphatic heterocycles. The second-order valence-corrected chi connectivity index (χ2v) is 6.56. The number of pyridine rings is 1. The van der Waals surface area contributed by atoms with Gasteiger partial charge in [0.25, 0.3) is 5.95 Å². The number of anilines is 1. The standard InChI is InChI=1S/C18H22N6/c1-12-11-13(2)24(23-12)18-21-15-9-6-10-19-16(15)17(22-18)20-14-7-4-3-5-8-14/h6,9-11,14H,3-5,7-8H2,1-2H3,(H,20,21,22). The molecule has 6 heteroatoms. The third kappa shape index (κ3) is 2.84. The molecular formula is C18H22N6.